The van der Waals surface area contributed by atoms with Crippen LogP contribution in [0, 0.1) is 13.8 Å². The molecule has 0 aliphatic rings. The van der Waals surface area contributed by atoms with Crippen LogP contribution in [0.3, 0.4) is 0 Å². The molecule has 2 heterocycles. The lowest BCUT2D eigenvalue weighted by Gasteiger charge is -2.04. The third-order valence-electron chi connectivity index (χ3n) is 4.38. The van der Waals surface area contributed by atoms with Crippen LogP contribution in [0.15, 0.2) is 42.5 Å². The number of imidazole rings is 1. The fraction of sp³-hybridized carbons (Fsp3) is 0.105. The van der Waals surface area contributed by atoms with Gasteiger partial charge in [0.15, 0.2) is 0 Å². The summed E-state index contributed by atoms with van der Waals surface area (Å²) in [5.74, 6) is 0.155. The fourth-order valence-electron chi connectivity index (χ4n) is 3.17. The van der Waals surface area contributed by atoms with E-state index in [0.717, 1.165) is 28.2 Å². The lowest BCUT2D eigenvalue weighted by Crippen LogP contribution is -2.11. The van der Waals surface area contributed by atoms with E-state index in [-0.39, 0.29) is 0 Å². The van der Waals surface area contributed by atoms with Gasteiger partial charge in [0.2, 0.25) is 0 Å². The Labute approximate surface area is 154 Å². The molecule has 4 aromatic rings. The Kier molecular flexibility index (Phi) is 3.77. The minimum absolute atomic E-state index is 0.394. The zero-order valence-electron chi connectivity index (χ0n) is 14.2. The Morgan fingerprint density at radius 2 is 1.88 bits per heavy atom. The number of amides is 1. The molecule has 3 N–H and O–H groups in total. The van der Waals surface area contributed by atoms with Crippen molar-refractivity contribution in [3.63, 3.8) is 0 Å². The van der Waals surface area contributed by atoms with E-state index in [4.69, 9.17) is 17.3 Å². The molecule has 7 heteroatoms. The molecule has 0 aliphatic carbocycles. The lowest BCUT2D eigenvalue weighted by molar-refractivity contribution is 0.100. The van der Waals surface area contributed by atoms with Crippen LogP contribution >= 0.6 is 11.6 Å². The summed E-state index contributed by atoms with van der Waals surface area (Å²) in [5, 5.41) is 5.31. The predicted molar refractivity (Wildman–Crippen MR) is 102 cm³/mol. The average Bonchev–Trinajstić information content (AvgIpc) is 3.15. The maximum Gasteiger partial charge on any atom is 0.250 e. The molecule has 0 radical (unpaired) electrons. The van der Waals surface area contributed by atoms with Crippen LogP contribution in [0.4, 0.5) is 0 Å². The second-order valence-corrected chi connectivity index (χ2v) is 6.52. The smallest absolute Gasteiger partial charge is 0.250 e. The Bertz CT molecular complexity index is 1140. The molecule has 0 bridgehead atoms. The number of aryl methyl sites for hydroxylation is 1. The van der Waals surface area contributed by atoms with Crippen LogP contribution in [0.5, 0.6) is 0 Å². The Morgan fingerprint density at radius 1 is 1.15 bits per heavy atom. The first-order valence-corrected chi connectivity index (χ1v) is 8.44. The number of halogens is 1. The Balaban J connectivity index is 1.89. The van der Waals surface area contributed by atoms with E-state index in [1.54, 1.807) is 12.1 Å². The topological polar surface area (TPSA) is 89.6 Å². The predicted octanol–water partition coefficient (Wildman–Crippen LogP) is 3.78. The van der Waals surface area contributed by atoms with Gasteiger partial charge < -0.3 is 10.7 Å². The summed E-state index contributed by atoms with van der Waals surface area (Å²) in [7, 11) is 0. The lowest BCUT2D eigenvalue weighted by atomic mass is 10.2. The van der Waals surface area contributed by atoms with Crippen molar-refractivity contribution in [2.24, 2.45) is 5.73 Å². The maximum absolute atomic E-state index is 11.7. The van der Waals surface area contributed by atoms with E-state index >= 15 is 0 Å². The molecular weight excluding hydrogens is 350 g/mol. The van der Waals surface area contributed by atoms with Crippen molar-refractivity contribution < 1.29 is 4.79 Å². The SMILES string of the molecule is Cc1nn(-c2ccc(Cl)cc2)c(C)c1-c1nc2c(C(N)=O)cccc2[nH]1. The highest BCUT2D eigenvalue weighted by Crippen LogP contribution is 2.29. The average molecular weight is 366 g/mol. The van der Waals surface area contributed by atoms with Crippen LogP contribution in [-0.2, 0) is 0 Å². The quantitative estimate of drug-likeness (QED) is 0.578. The van der Waals surface area contributed by atoms with Crippen LogP contribution < -0.4 is 5.73 Å². The van der Waals surface area contributed by atoms with Crippen LogP contribution in [0.2, 0.25) is 5.02 Å². The van der Waals surface area contributed by atoms with E-state index < -0.39 is 5.91 Å². The molecule has 2 aromatic carbocycles. The number of nitrogens with two attached hydrogens (primary N) is 1. The molecule has 4 rings (SSSR count). The number of benzene rings is 2. The Hall–Kier alpha value is -3.12. The number of primary amides is 1. The van der Waals surface area contributed by atoms with Crippen LogP contribution in [-0.4, -0.2) is 25.7 Å². The van der Waals surface area contributed by atoms with E-state index in [1.165, 1.54) is 0 Å². The normalized spacial score (nSPS) is 11.2. The molecule has 0 atom stereocenters. The number of aromatic amines is 1. The monoisotopic (exact) mass is 365 g/mol. The minimum Gasteiger partial charge on any atom is -0.366 e. The van der Waals surface area contributed by atoms with Gasteiger partial charge in [0, 0.05) is 5.02 Å². The second-order valence-electron chi connectivity index (χ2n) is 6.09. The third kappa shape index (κ3) is 2.55. The fourth-order valence-corrected chi connectivity index (χ4v) is 3.29. The molecule has 0 spiro atoms. The van der Waals surface area contributed by atoms with Gasteiger partial charge >= 0.3 is 0 Å². The number of hydrogen-bond donors (Lipinski definition) is 2. The molecule has 2 aromatic heterocycles. The number of carbonyl (C=O) groups is 1. The molecule has 0 saturated heterocycles. The first-order chi connectivity index (χ1) is 12.5. The molecular formula is C19H16ClN5O. The van der Waals surface area contributed by atoms with Gasteiger partial charge in [0.1, 0.15) is 11.3 Å². The molecule has 0 saturated carbocycles. The van der Waals surface area contributed by atoms with Gasteiger partial charge in [-0.15, -0.1) is 0 Å². The van der Waals surface area contributed by atoms with E-state index in [1.807, 2.05) is 48.9 Å². The van der Waals surface area contributed by atoms with Gasteiger partial charge in [0.25, 0.3) is 5.91 Å². The van der Waals surface area contributed by atoms with Crippen LogP contribution in [0.25, 0.3) is 28.1 Å². The van der Waals surface area contributed by atoms with E-state index in [0.29, 0.717) is 21.9 Å². The summed E-state index contributed by atoms with van der Waals surface area (Å²) >= 11 is 5.97. The molecule has 1 amide bonds. The number of carbonyl (C=O) groups excluding carboxylic acids is 1. The molecule has 26 heavy (non-hydrogen) atoms. The minimum atomic E-state index is -0.501. The maximum atomic E-state index is 11.7. The van der Waals surface area contributed by atoms with Crippen molar-refractivity contribution in [1.82, 2.24) is 19.7 Å². The number of hydrogen-bond acceptors (Lipinski definition) is 3. The summed E-state index contributed by atoms with van der Waals surface area (Å²) in [6, 6.07) is 12.8. The van der Waals surface area contributed by atoms with Crippen LogP contribution in [0.1, 0.15) is 21.7 Å². The summed E-state index contributed by atoms with van der Waals surface area (Å²) < 4.78 is 1.85. The number of nitrogens with zero attached hydrogens (tertiary/aromatic N) is 3. The standard InChI is InChI=1S/C19H16ClN5O/c1-10-16(11(2)25(24-10)13-8-6-12(20)7-9-13)19-22-15-5-3-4-14(18(21)26)17(15)23-19/h3-9H,1-2H3,(H2,21,26)(H,22,23). The highest BCUT2D eigenvalue weighted by Gasteiger charge is 2.19. The largest absolute Gasteiger partial charge is 0.366 e. The first-order valence-electron chi connectivity index (χ1n) is 8.07. The molecule has 0 fully saturated rings. The third-order valence-corrected chi connectivity index (χ3v) is 4.63. The molecule has 6 nitrogen and oxygen atoms in total. The van der Waals surface area contributed by atoms with Crippen molar-refractivity contribution in [3.05, 3.63) is 64.4 Å². The Morgan fingerprint density at radius 3 is 2.58 bits per heavy atom. The zero-order chi connectivity index (χ0) is 18.4. The zero-order valence-corrected chi connectivity index (χ0v) is 15.0. The van der Waals surface area contributed by atoms with Gasteiger partial charge in [0.05, 0.1) is 33.7 Å². The van der Waals surface area contributed by atoms with Gasteiger partial charge in [-0.1, -0.05) is 17.7 Å². The summed E-state index contributed by atoms with van der Waals surface area (Å²) in [6.07, 6.45) is 0. The molecule has 130 valence electrons. The van der Waals surface area contributed by atoms with Crippen molar-refractivity contribution in [2.75, 3.05) is 0 Å². The van der Waals surface area contributed by atoms with Crippen molar-refractivity contribution in [2.45, 2.75) is 13.8 Å². The van der Waals surface area contributed by atoms with Gasteiger partial charge in [-0.25, -0.2) is 9.67 Å². The summed E-state index contributed by atoms with van der Waals surface area (Å²) in [4.78, 5) is 19.5. The van der Waals surface area contributed by atoms with Crippen molar-refractivity contribution in [3.8, 4) is 17.1 Å². The number of aromatic nitrogens is 4. The molecule has 0 unspecified atom stereocenters. The number of para-hydroxylation sites is 1. The number of fused-ring (bicyclic) bond motifs is 1. The van der Waals surface area contributed by atoms with Gasteiger partial charge in [-0.3, -0.25) is 4.79 Å². The van der Waals surface area contributed by atoms with E-state index in [9.17, 15) is 4.79 Å². The molecule has 0 aliphatic heterocycles. The number of H-pyrrole nitrogens is 1. The summed E-state index contributed by atoms with van der Waals surface area (Å²) in [5.41, 5.74) is 10.7. The van der Waals surface area contributed by atoms with Crippen molar-refractivity contribution in [1.29, 1.82) is 0 Å². The highest BCUT2D eigenvalue weighted by molar-refractivity contribution is 6.30. The number of nitrogens with one attached hydrogen (secondary N) is 1. The number of rotatable bonds is 3. The summed E-state index contributed by atoms with van der Waals surface area (Å²) in [6.45, 7) is 3.91. The van der Waals surface area contributed by atoms with Gasteiger partial charge in [-0.05, 0) is 50.2 Å². The van der Waals surface area contributed by atoms with E-state index in [2.05, 4.69) is 15.1 Å². The van der Waals surface area contributed by atoms with Crippen molar-refractivity contribution >= 4 is 28.5 Å². The second kappa shape index (κ2) is 6.00. The highest BCUT2D eigenvalue weighted by atomic mass is 35.5. The first kappa shape index (κ1) is 16.4. The van der Waals surface area contributed by atoms with Gasteiger partial charge in [-0.2, -0.15) is 5.10 Å².